The molecule has 0 aliphatic heterocycles. The Bertz CT molecular complexity index is 436. The number of aromatic nitrogens is 1. The number of carboxylic acids is 1. The number of hydrogen-bond acceptors (Lipinski definition) is 5. The van der Waals surface area contributed by atoms with E-state index in [0.717, 1.165) is 11.3 Å². The number of aromatic hydroxyl groups is 1. The summed E-state index contributed by atoms with van der Waals surface area (Å²) in [5.41, 5.74) is 0. The molecule has 82 valence electrons. The van der Waals surface area contributed by atoms with Crippen molar-refractivity contribution in [1.82, 2.24) is 9.88 Å². The maximum absolute atomic E-state index is 11.0. The predicted octanol–water partition coefficient (Wildman–Crippen LogP) is 0.533. The van der Waals surface area contributed by atoms with E-state index in [9.17, 15) is 14.7 Å². The Hall–Kier alpha value is -1.41. The molecule has 0 aromatic carbocycles. The van der Waals surface area contributed by atoms with Crippen LogP contribution in [0.2, 0.25) is 0 Å². The molecule has 0 aliphatic rings. The van der Waals surface area contributed by atoms with Gasteiger partial charge in [-0.2, -0.15) is 0 Å². The third-order valence-corrected chi connectivity index (χ3v) is 2.77. The summed E-state index contributed by atoms with van der Waals surface area (Å²) in [6, 6.07) is 0. The van der Waals surface area contributed by atoms with Crippen molar-refractivity contribution in [2.75, 3.05) is 0 Å². The number of amides is 1. The van der Waals surface area contributed by atoms with E-state index in [4.69, 9.17) is 17.3 Å². The van der Waals surface area contributed by atoms with Crippen LogP contribution in [0.15, 0.2) is 5.38 Å². The average molecular weight is 248 g/mol. The van der Waals surface area contributed by atoms with Crippen molar-refractivity contribution in [2.45, 2.75) is 13.1 Å². The molecule has 1 rings (SSSR count). The molecular formula is C7H8N2O4S2. The molecule has 1 heterocycles. The fourth-order valence-electron chi connectivity index (χ4n) is 0.837. The molecule has 15 heavy (non-hydrogen) atoms. The molecule has 3 N–H and O–H groups in total. The van der Waals surface area contributed by atoms with Crippen LogP contribution in [0.25, 0.3) is 0 Å². The molecule has 0 spiro atoms. The van der Waals surface area contributed by atoms with Crippen LogP contribution in [0.1, 0.15) is 6.42 Å². The zero-order valence-electron chi connectivity index (χ0n) is 7.47. The molecule has 0 bridgehead atoms. The van der Waals surface area contributed by atoms with Gasteiger partial charge >= 0.3 is 5.97 Å². The van der Waals surface area contributed by atoms with Gasteiger partial charge in [-0.1, -0.05) is 0 Å². The van der Waals surface area contributed by atoms with E-state index < -0.39 is 18.3 Å². The first-order valence-corrected chi connectivity index (χ1v) is 5.15. The summed E-state index contributed by atoms with van der Waals surface area (Å²) in [7, 11) is 0. The number of aliphatic carboxylic acids is 1. The Kier molecular flexibility index (Phi) is 3.81. The molecule has 0 saturated heterocycles. The Morgan fingerprint density at radius 1 is 1.60 bits per heavy atom. The number of carbonyl (C=O) groups excluding carboxylic acids is 1. The average Bonchev–Trinajstić information content (AvgIpc) is 2.42. The van der Waals surface area contributed by atoms with Crippen LogP contribution >= 0.6 is 23.6 Å². The second kappa shape index (κ2) is 4.89. The number of hydrogen-bond donors (Lipinski definition) is 3. The van der Waals surface area contributed by atoms with E-state index in [2.05, 4.69) is 5.32 Å². The van der Waals surface area contributed by atoms with Gasteiger partial charge in [-0.25, -0.2) is 0 Å². The number of rotatable bonds is 4. The van der Waals surface area contributed by atoms with Gasteiger partial charge in [-0.05, 0) is 12.2 Å². The van der Waals surface area contributed by atoms with Crippen LogP contribution < -0.4 is 5.32 Å². The van der Waals surface area contributed by atoms with Gasteiger partial charge in [0.2, 0.25) is 11.8 Å². The van der Waals surface area contributed by atoms with Crippen LogP contribution in [-0.2, 0) is 16.3 Å². The highest BCUT2D eigenvalue weighted by atomic mass is 32.1. The van der Waals surface area contributed by atoms with Gasteiger partial charge in [0.05, 0.1) is 12.0 Å². The smallest absolute Gasteiger partial charge is 0.312 e. The van der Waals surface area contributed by atoms with Gasteiger partial charge in [0.15, 0.2) is 3.95 Å². The number of carbonyl (C=O) groups is 2. The fraction of sp³-hybridized carbons (Fsp3) is 0.286. The first-order valence-electron chi connectivity index (χ1n) is 3.86. The zero-order chi connectivity index (χ0) is 11.4. The Balaban J connectivity index is 2.54. The minimum Gasteiger partial charge on any atom is -0.494 e. The third kappa shape index (κ3) is 3.33. The summed E-state index contributed by atoms with van der Waals surface area (Å²) in [5.74, 6) is -1.89. The van der Waals surface area contributed by atoms with Crippen molar-refractivity contribution in [3.05, 3.63) is 9.33 Å². The fourth-order valence-corrected chi connectivity index (χ4v) is 1.76. The second-order valence-electron chi connectivity index (χ2n) is 2.62. The summed E-state index contributed by atoms with van der Waals surface area (Å²) in [4.78, 5) is 21.1. The molecule has 8 heteroatoms. The van der Waals surface area contributed by atoms with Crippen molar-refractivity contribution >= 4 is 35.4 Å². The van der Waals surface area contributed by atoms with Crippen molar-refractivity contribution in [2.24, 2.45) is 0 Å². The van der Waals surface area contributed by atoms with E-state index in [1.165, 1.54) is 9.95 Å². The molecule has 1 aromatic rings. The van der Waals surface area contributed by atoms with Gasteiger partial charge in [0.1, 0.15) is 6.42 Å². The Labute approximate surface area is 93.8 Å². The predicted molar refractivity (Wildman–Crippen MR) is 55.2 cm³/mol. The lowest BCUT2D eigenvalue weighted by molar-refractivity contribution is -0.140. The van der Waals surface area contributed by atoms with Crippen molar-refractivity contribution in [3.8, 4) is 5.88 Å². The van der Waals surface area contributed by atoms with E-state index in [0.29, 0.717) is 3.95 Å². The highest BCUT2D eigenvalue weighted by molar-refractivity contribution is 7.73. The minimum atomic E-state index is -1.20. The van der Waals surface area contributed by atoms with Gasteiger partial charge in [-0.3, -0.25) is 14.2 Å². The maximum Gasteiger partial charge on any atom is 0.312 e. The number of thiazole rings is 1. The monoisotopic (exact) mass is 248 g/mol. The van der Waals surface area contributed by atoms with Crippen molar-refractivity contribution < 1.29 is 19.8 Å². The molecule has 0 radical (unpaired) electrons. The summed E-state index contributed by atoms with van der Waals surface area (Å²) < 4.78 is 1.70. The minimum absolute atomic E-state index is 0.0275. The number of carboxylic acid groups (broad SMARTS) is 1. The quantitative estimate of drug-likeness (QED) is 0.534. The molecule has 0 fully saturated rings. The summed E-state index contributed by atoms with van der Waals surface area (Å²) in [6.45, 7) is -0.0275. The van der Waals surface area contributed by atoms with E-state index >= 15 is 0 Å². The van der Waals surface area contributed by atoms with Crippen molar-refractivity contribution in [1.29, 1.82) is 0 Å². The normalized spacial score (nSPS) is 9.87. The second-order valence-corrected chi connectivity index (χ2v) is 4.12. The standard InChI is InChI=1S/C7H8N2O4S2/c10-4(1-6(12)13)8-3-9-5(11)2-15-7(9)14/h2,11H,1,3H2,(H,8,10)(H,12,13). The first-order chi connectivity index (χ1) is 7.00. The maximum atomic E-state index is 11.0. The van der Waals surface area contributed by atoms with E-state index in [1.807, 2.05) is 0 Å². The summed E-state index contributed by atoms with van der Waals surface area (Å²) in [5, 5.41) is 21.3. The molecule has 6 nitrogen and oxygen atoms in total. The molecular weight excluding hydrogens is 240 g/mol. The van der Waals surface area contributed by atoms with Crippen LogP contribution in [0.3, 0.4) is 0 Å². The SMILES string of the molecule is O=C(O)CC(=O)NCn1c(O)csc1=S. The number of nitrogens with zero attached hydrogens (tertiary/aromatic N) is 1. The van der Waals surface area contributed by atoms with Crippen LogP contribution in [0.4, 0.5) is 0 Å². The molecule has 1 aromatic heterocycles. The third-order valence-electron chi connectivity index (χ3n) is 1.51. The van der Waals surface area contributed by atoms with Gasteiger partial charge < -0.3 is 15.5 Å². The van der Waals surface area contributed by atoms with Crippen LogP contribution in [0.5, 0.6) is 5.88 Å². The van der Waals surface area contributed by atoms with Crippen molar-refractivity contribution in [3.63, 3.8) is 0 Å². The van der Waals surface area contributed by atoms with E-state index in [-0.39, 0.29) is 12.5 Å². The lowest BCUT2D eigenvalue weighted by Crippen LogP contribution is -2.27. The number of nitrogens with one attached hydrogen (secondary N) is 1. The lowest BCUT2D eigenvalue weighted by atomic mass is 10.4. The summed E-state index contributed by atoms with van der Waals surface area (Å²) >= 11 is 6.02. The molecule has 0 saturated carbocycles. The molecule has 0 aliphatic carbocycles. The summed E-state index contributed by atoms with van der Waals surface area (Å²) in [6.07, 6.45) is -0.599. The Morgan fingerprint density at radius 2 is 2.27 bits per heavy atom. The zero-order valence-corrected chi connectivity index (χ0v) is 9.10. The van der Waals surface area contributed by atoms with E-state index in [1.54, 1.807) is 0 Å². The highest BCUT2D eigenvalue weighted by Crippen LogP contribution is 2.15. The lowest BCUT2D eigenvalue weighted by Gasteiger charge is -2.05. The van der Waals surface area contributed by atoms with Gasteiger partial charge in [0, 0.05) is 0 Å². The van der Waals surface area contributed by atoms with Gasteiger partial charge in [0.25, 0.3) is 0 Å². The van der Waals surface area contributed by atoms with Gasteiger partial charge in [-0.15, -0.1) is 11.3 Å². The Morgan fingerprint density at radius 3 is 2.73 bits per heavy atom. The van der Waals surface area contributed by atoms with Crippen LogP contribution in [0, 0.1) is 3.95 Å². The first kappa shape index (κ1) is 11.7. The molecule has 1 amide bonds. The molecule has 0 unspecified atom stereocenters. The van der Waals surface area contributed by atoms with Crippen LogP contribution in [-0.4, -0.2) is 26.7 Å². The molecule has 0 atom stereocenters. The highest BCUT2D eigenvalue weighted by Gasteiger charge is 2.08. The topological polar surface area (TPSA) is 91.6 Å². The largest absolute Gasteiger partial charge is 0.494 e.